The molecule has 3 aromatic rings. The number of halogens is 2. The molecule has 10 heteroatoms. The SMILES string of the molecule is Cc1nc(C)n([C@H](C)CC(=O)N2CCC(c3cc(C(F)F)c4c(C)noc4n3)CC2)n1. The van der Waals surface area contributed by atoms with Crippen molar-refractivity contribution in [3.8, 4) is 0 Å². The smallest absolute Gasteiger partial charge is 0.264 e. The molecular weight excluding hydrogens is 406 g/mol. The third kappa shape index (κ3) is 4.15. The van der Waals surface area contributed by atoms with Gasteiger partial charge in [0.15, 0.2) is 0 Å². The highest BCUT2D eigenvalue weighted by atomic mass is 19.3. The first-order valence-corrected chi connectivity index (χ1v) is 10.5. The lowest BCUT2D eigenvalue weighted by Crippen LogP contribution is -2.39. The Bertz CT molecular complexity index is 1100. The minimum Gasteiger partial charge on any atom is -0.343 e. The van der Waals surface area contributed by atoms with E-state index in [4.69, 9.17) is 4.52 Å². The predicted octanol–water partition coefficient (Wildman–Crippen LogP) is 4.03. The van der Waals surface area contributed by atoms with Crippen LogP contribution in [0.25, 0.3) is 11.1 Å². The zero-order valence-electron chi connectivity index (χ0n) is 18.1. The van der Waals surface area contributed by atoms with Gasteiger partial charge in [-0.15, -0.1) is 0 Å². The van der Waals surface area contributed by atoms with Crippen LogP contribution in [0.1, 0.15) is 73.2 Å². The number of likely N-dealkylation sites (tertiary alicyclic amines) is 1. The second-order valence-electron chi connectivity index (χ2n) is 8.24. The van der Waals surface area contributed by atoms with E-state index in [2.05, 4.69) is 20.2 Å². The van der Waals surface area contributed by atoms with Gasteiger partial charge < -0.3 is 9.42 Å². The summed E-state index contributed by atoms with van der Waals surface area (Å²) in [5.74, 6) is 1.53. The minimum absolute atomic E-state index is 0.00557. The van der Waals surface area contributed by atoms with Crippen molar-refractivity contribution in [2.75, 3.05) is 13.1 Å². The fourth-order valence-corrected chi connectivity index (χ4v) is 4.38. The molecule has 1 fully saturated rings. The van der Waals surface area contributed by atoms with E-state index in [0.29, 0.717) is 55.0 Å². The van der Waals surface area contributed by atoms with Gasteiger partial charge in [-0.3, -0.25) is 4.79 Å². The third-order valence-electron chi connectivity index (χ3n) is 5.96. The number of aromatic nitrogens is 5. The molecule has 1 aliphatic rings. The Morgan fingerprint density at radius 2 is 1.94 bits per heavy atom. The molecular formula is C21H26F2N6O2. The number of hydrogen-bond acceptors (Lipinski definition) is 6. The summed E-state index contributed by atoms with van der Waals surface area (Å²) in [6.07, 6.45) is -0.966. The van der Waals surface area contributed by atoms with Crippen LogP contribution in [0.3, 0.4) is 0 Å². The molecule has 1 aliphatic heterocycles. The van der Waals surface area contributed by atoms with E-state index in [-0.39, 0.29) is 29.1 Å². The fraction of sp³-hybridized carbons (Fsp3) is 0.571. The highest BCUT2D eigenvalue weighted by Gasteiger charge is 2.28. The van der Waals surface area contributed by atoms with Crippen molar-refractivity contribution in [2.45, 2.75) is 65.3 Å². The molecule has 1 atom stereocenters. The molecule has 0 N–H and O–H groups in total. The summed E-state index contributed by atoms with van der Waals surface area (Å²) < 4.78 is 34.1. The lowest BCUT2D eigenvalue weighted by atomic mass is 9.91. The van der Waals surface area contributed by atoms with Crippen LogP contribution in [-0.4, -0.2) is 48.8 Å². The average Bonchev–Trinajstić information content (AvgIpc) is 3.28. The van der Waals surface area contributed by atoms with Crippen molar-refractivity contribution in [1.29, 1.82) is 0 Å². The van der Waals surface area contributed by atoms with Crippen LogP contribution in [-0.2, 0) is 4.79 Å². The monoisotopic (exact) mass is 432 g/mol. The topological polar surface area (TPSA) is 89.9 Å². The Balaban J connectivity index is 1.43. The quantitative estimate of drug-likeness (QED) is 0.605. The van der Waals surface area contributed by atoms with Gasteiger partial charge in [0.05, 0.1) is 17.1 Å². The summed E-state index contributed by atoms with van der Waals surface area (Å²) in [5.41, 5.74) is 1.05. The Hall–Kier alpha value is -2.91. The van der Waals surface area contributed by atoms with E-state index in [9.17, 15) is 13.6 Å². The molecule has 0 radical (unpaired) electrons. The number of piperidine rings is 1. The van der Waals surface area contributed by atoms with Crippen molar-refractivity contribution in [3.63, 3.8) is 0 Å². The molecule has 1 amide bonds. The van der Waals surface area contributed by atoms with Gasteiger partial charge in [-0.2, -0.15) is 5.10 Å². The Morgan fingerprint density at radius 3 is 2.55 bits per heavy atom. The van der Waals surface area contributed by atoms with Crippen LogP contribution < -0.4 is 0 Å². The molecule has 0 aromatic carbocycles. The largest absolute Gasteiger partial charge is 0.343 e. The van der Waals surface area contributed by atoms with E-state index >= 15 is 0 Å². The van der Waals surface area contributed by atoms with E-state index in [1.165, 1.54) is 6.07 Å². The van der Waals surface area contributed by atoms with Crippen LogP contribution in [0, 0.1) is 20.8 Å². The lowest BCUT2D eigenvalue weighted by molar-refractivity contribution is -0.133. The van der Waals surface area contributed by atoms with Gasteiger partial charge >= 0.3 is 0 Å². The maximum Gasteiger partial charge on any atom is 0.264 e. The molecule has 166 valence electrons. The van der Waals surface area contributed by atoms with Gasteiger partial charge in [-0.05, 0) is 46.6 Å². The molecule has 0 aliphatic carbocycles. The zero-order valence-corrected chi connectivity index (χ0v) is 18.1. The van der Waals surface area contributed by atoms with E-state index in [1.807, 2.05) is 25.7 Å². The van der Waals surface area contributed by atoms with E-state index < -0.39 is 6.43 Å². The maximum atomic E-state index is 13.6. The lowest BCUT2D eigenvalue weighted by Gasteiger charge is -2.32. The summed E-state index contributed by atoms with van der Waals surface area (Å²) in [4.78, 5) is 23.4. The molecule has 3 aromatic heterocycles. The van der Waals surface area contributed by atoms with Crippen LogP contribution in [0.2, 0.25) is 0 Å². The van der Waals surface area contributed by atoms with Gasteiger partial charge in [0, 0.05) is 36.7 Å². The zero-order chi connectivity index (χ0) is 22.3. The Morgan fingerprint density at radius 1 is 1.23 bits per heavy atom. The fourth-order valence-electron chi connectivity index (χ4n) is 4.38. The molecule has 0 unspecified atom stereocenters. The number of nitrogens with zero attached hydrogens (tertiary/aromatic N) is 6. The number of carbonyl (C=O) groups excluding carboxylic acids is 1. The van der Waals surface area contributed by atoms with Crippen molar-refractivity contribution < 1.29 is 18.1 Å². The van der Waals surface area contributed by atoms with Gasteiger partial charge in [0.25, 0.3) is 12.1 Å². The normalized spacial score (nSPS) is 16.4. The summed E-state index contributed by atoms with van der Waals surface area (Å²) in [6, 6.07) is 1.39. The molecule has 4 rings (SSSR count). The number of pyridine rings is 1. The van der Waals surface area contributed by atoms with Gasteiger partial charge in [-0.25, -0.2) is 23.4 Å². The molecule has 0 saturated carbocycles. The van der Waals surface area contributed by atoms with Gasteiger partial charge in [0.1, 0.15) is 11.6 Å². The Labute approximate surface area is 178 Å². The molecule has 0 bridgehead atoms. The van der Waals surface area contributed by atoms with Crippen LogP contribution in [0.15, 0.2) is 10.6 Å². The highest BCUT2D eigenvalue weighted by Crippen LogP contribution is 2.35. The van der Waals surface area contributed by atoms with E-state index in [1.54, 1.807) is 11.6 Å². The van der Waals surface area contributed by atoms with Gasteiger partial charge in [0.2, 0.25) is 5.91 Å². The summed E-state index contributed by atoms with van der Waals surface area (Å²) in [6.45, 7) is 8.41. The number of fused-ring (bicyclic) bond motifs is 1. The molecule has 31 heavy (non-hydrogen) atoms. The summed E-state index contributed by atoms with van der Waals surface area (Å²) in [5, 5.41) is 8.44. The summed E-state index contributed by atoms with van der Waals surface area (Å²) >= 11 is 0. The van der Waals surface area contributed by atoms with Crippen LogP contribution in [0.5, 0.6) is 0 Å². The van der Waals surface area contributed by atoms with Crippen LogP contribution in [0.4, 0.5) is 8.78 Å². The molecule has 1 saturated heterocycles. The third-order valence-corrected chi connectivity index (χ3v) is 5.96. The highest BCUT2D eigenvalue weighted by molar-refractivity contribution is 5.80. The van der Waals surface area contributed by atoms with Crippen molar-refractivity contribution in [2.24, 2.45) is 0 Å². The molecule has 8 nitrogen and oxygen atoms in total. The first-order chi connectivity index (χ1) is 14.7. The van der Waals surface area contributed by atoms with Crippen LogP contribution >= 0.6 is 0 Å². The van der Waals surface area contributed by atoms with E-state index in [0.717, 1.165) is 5.82 Å². The molecule has 4 heterocycles. The first kappa shape index (κ1) is 21.3. The first-order valence-electron chi connectivity index (χ1n) is 10.5. The number of hydrogen-bond donors (Lipinski definition) is 0. The number of rotatable bonds is 5. The number of aryl methyl sites for hydroxylation is 3. The van der Waals surface area contributed by atoms with Crippen molar-refractivity contribution >= 4 is 17.0 Å². The standard InChI is InChI=1S/C21H26F2N6O2/c1-11(29-14(4)24-13(3)26-29)9-18(30)28-7-5-15(6-8-28)17-10-16(20(22)23)19-12(2)27-31-21(19)25-17/h10-11,15,20H,5-9H2,1-4H3/t11-/m1/s1. The second kappa shape index (κ2) is 8.32. The second-order valence-corrected chi connectivity index (χ2v) is 8.24. The number of amides is 1. The van der Waals surface area contributed by atoms with Crippen molar-refractivity contribution in [3.05, 3.63) is 34.7 Å². The Kier molecular flexibility index (Phi) is 5.72. The minimum atomic E-state index is -2.63. The molecule has 0 spiro atoms. The van der Waals surface area contributed by atoms with Gasteiger partial charge in [-0.1, -0.05) is 5.16 Å². The van der Waals surface area contributed by atoms with Crippen molar-refractivity contribution in [1.82, 2.24) is 29.8 Å². The predicted molar refractivity (Wildman–Crippen MR) is 109 cm³/mol. The average molecular weight is 432 g/mol. The maximum absolute atomic E-state index is 13.6. The number of alkyl halides is 2. The number of carbonyl (C=O) groups is 1. The summed E-state index contributed by atoms with van der Waals surface area (Å²) in [7, 11) is 0.